The molecule has 1 aromatic rings. The Morgan fingerprint density at radius 1 is 1.57 bits per heavy atom. The van der Waals surface area contributed by atoms with E-state index in [1.807, 2.05) is 6.92 Å². The van der Waals surface area contributed by atoms with Crippen LogP contribution in [0.25, 0.3) is 0 Å². The molecule has 5 heteroatoms. The van der Waals surface area contributed by atoms with Crippen LogP contribution in [0.3, 0.4) is 0 Å². The molecule has 0 unspecified atom stereocenters. The van der Waals surface area contributed by atoms with Crippen molar-refractivity contribution in [2.24, 2.45) is 0 Å². The van der Waals surface area contributed by atoms with Crippen molar-refractivity contribution in [1.82, 2.24) is 0 Å². The zero-order valence-corrected chi connectivity index (χ0v) is 8.45. The number of nitro benzene ring substituents is 1. The quantitative estimate of drug-likeness (QED) is 0.573. The molecule has 4 nitrogen and oxygen atoms in total. The third kappa shape index (κ3) is 2.68. The Bertz CT molecular complexity index is 341. The van der Waals surface area contributed by atoms with E-state index >= 15 is 0 Å². The van der Waals surface area contributed by atoms with Gasteiger partial charge in [0.05, 0.1) is 11.5 Å². The van der Waals surface area contributed by atoms with Crippen LogP contribution in [0.5, 0.6) is 0 Å². The van der Waals surface area contributed by atoms with Crippen LogP contribution in [0, 0.1) is 10.1 Å². The average Bonchev–Trinajstić information content (AvgIpc) is 2.16. The summed E-state index contributed by atoms with van der Waals surface area (Å²) in [5, 5.41) is 10.9. The molecule has 0 aromatic heterocycles. The highest BCUT2D eigenvalue weighted by Crippen LogP contribution is 2.22. The minimum atomic E-state index is -0.453. The fourth-order valence-electron chi connectivity index (χ4n) is 0.997. The first-order valence-corrected chi connectivity index (χ1v) is 4.53. The van der Waals surface area contributed by atoms with Crippen molar-refractivity contribution in [2.75, 3.05) is 6.61 Å². The van der Waals surface area contributed by atoms with E-state index in [1.165, 1.54) is 18.2 Å². The minimum Gasteiger partial charge on any atom is -0.377 e. The topological polar surface area (TPSA) is 52.4 Å². The molecule has 0 saturated carbocycles. The number of non-ortho nitro benzene ring substituents is 1. The van der Waals surface area contributed by atoms with Gasteiger partial charge in [0.1, 0.15) is 0 Å². The molecule has 14 heavy (non-hydrogen) atoms. The van der Waals surface area contributed by atoms with Crippen LogP contribution in [-0.4, -0.2) is 11.5 Å². The van der Waals surface area contributed by atoms with Gasteiger partial charge in [-0.15, -0.1) is 0 Å². The van der Waals surface area contributed by atoms with Gasteiger partial charge in [-0.2, -0.15) is 0 Å². The standard InChI is InChI=1S/C9H10ClNO3/c1-2-14-6-7-5-8(11(12)13)3-4-9(7)10/h3-5H,2,6H2,1H3. The molecule has 0 bridgehead atoms. The van der Waals surface area contributed by atoms with Gasteiger partial charge in [-0.1, -0.05) is 11.6 Å². The number of nitro groups is 1. The Balaban J connectivity index is 2.90. The first-order chi connectivity index (χ1) is 6.65. The summed E-state index contributed by atoms with van der Waals surface area (Å²) in [6.07, 6.45) is 0. The second-order valence-corrected chi connectivity index (χ2v) is 3.08. The Morgan fingerprint density at radius 3 is 2.86 bits per heavy atom. The molecule has 0 fully saturated rings. The van der Waals surface area contributed by atoms with E-state index in [0.717, 1.165) is 0 Å². The van der Waals surface area contributed by atoms with Crippen molar-refractivity contribution >= 4 is 17.3 Å². The van der Waals surface area contributed by atoms with Gasteiger partial charge < -0.3 is 4.74 Å². The highest BCUT2D eigenvalue weighted by molar-refractivity contribution is 6.31. The van der Waals surface area contributed by atoms with E-state index in [0.29, 0.717) is 23.8 Å². The van der Waals surface area contributed by atoms with E-state index in [9.17, 15) is 10.1 Å². The van der Waals surface area contributed by atoms with Gasteiger partial charge >= 0.3 is 0 Å². The molecule has 0 amide bonds. The third-order valence-corrected chi connectivity index (χ3v) is 2.07. The maximum absolute atomic E-state index is 10.5. The molecule has 0 spiro atoms. The smallest absolute Gasteiger partial charge is 0.269 e. The maximum Gasteiger partial charge on any atom is 0.269 e. The summed E-state index contributed by atoms with van der Waals surface area (Å²) in [4.78, 5) is 10.0. The zero-order valence-electron chi connectivity index (χ0n) is 7.70. The zero-order chi connectivity index (χ0) is 10.6. The molecule has 0 heterocycles. The van der Waals surface area contributed by atoms with Crippen LogP contribution in [0.1, 0.15) is 12.5 Å². The van der Waals surface area contributed by atoms with Crippen molar-refractivity contribution in [3.8, 4) is 0 Å². The van der Waals surface area contributed by atoms with Gasteiger partial charge in [0.15, 0.2) is 0 Å². The van der Waals surface area contributed by atoms with Crippen LogP contribution < -0.4 is 0 Å². The molecule has 0 aliphatic heterocycles. The average molecular weight is 216 g/mol. The van der Waals surface area contributed by atoms with Crippen LogP contribution in [0.2, 0.25) is 5.02 Å². The second kappa shape index (κ2) is 4.93. The molecule has 0 atom stereocenters. The number of nitrogens with zero attached hydrogens (tertiary/aromatic N) is 1. The molecule has 0 aliphatic rings. The lowest BCUT2D eigenvalue weighted by Gasteiger charge is -2.03. The summed E-state index contributed by atoms with van der Waals surface area (Å²) in [7, 11) is 0. The summed E-state index contributed by atoms with van der Waals surface area (Å²) in [6.45, 7) is 2.71. The fourth-order valence-corrected chi connectivity index (χ4v) is 1.17. The van der Waals surface area contributed by atoms with Crippen LogP contribution in [-0.2, 0) is 11.3 Å². The Hall–Kier alpha value is -1.13. The largest absolute Gasteiger partial charge is 0.377 e. The van der Waals surface area contributed by atoms with Gasteiger partial charge in [-0.25, -0.2) is 0 Å². The summed E-state index contributed by atoms with van der Waals surface area (Å²) >= 11 is 5.83. The van der Waals surface area contributed by atoms with Crippen molar-refractivity contribution in [3.63, 3.8) is 0 Å². The SMILES string of the molecule is CCOCc1cc([N+](=O)[O-])ccc1Cl. The van der Waals surface area contributed by atoms with E-state index < -0.39 is 4.92 Å². The molecule has 0 radical (unpaired) electrons. The summed E-state index contributed by atoms with van der Waals surface area (Å²) in [5.74, 6) is 0. The number of halogens is 1. The van der Waals surface area contributed by atoms with E-state index in [1.54, 1.807) is 0 Å². The van der Waals surface area contributed by atoms with E-state index in [2.05, 4.69) is 0 Å². The van der Waals surface area contributed by atoms with Crippen molar-refractivity contribution in [3.05, 3.63) is 38.9 Å². The number of hydrogen-bond donors (Lipinski definition) is 0. The van der Waals surface area contributed by atoms with E-state index in [4.69, 9.17) is 16.3 Å². The molecule has 0 aliphatic carbocycles. The highest BCUT2D eigenvalue weighted by atomic mass is 35.5. The molecule has 0 saturated heterocycles. The Morgan fingerprint density at radius 2 is 2.29 bits per heavy atom. The third-order valence-electron chi connectivity index (χ3n) is 1.70. The molecular formula is C9H10ClNO3. The Kier molecular flexibility index (Phi) is 3.85. The number of rotatable bonds is 4. The lowest BCUT2D eigenvalue weighted by atomic mass is 10.2. The van der Waals surface area contributed by atoms with Crippen molar-refractivity contribution in [1.29, 1.82) is 0 Å². The predicted molar refractivity (Wildman–Crippen MR) is 53.4 cm³/mol. The molecule has 0 N–H and O–H groups in total. The molecular weight excluding hydrogens is 206 g/mol. The van der Waals surface area contributed by atoms with Crippen molar-refractivity contribution < 1.29 is 9.66 Å². The normalized spacial score (nSPS) is 10.1. The second-order valence-electron chi connectivity index (χ2n) is 2.67. The van der Waals surface area contributed by atoms with Gasteiger partial charge in [0.2, 0.25) is 0 Å². The summed E-state index contributed by atoms with van der Waals surface area (Å²) in [5.41, 5.74) is 0.673. The fraction of sp³-hybridized carbons (Fsp3) is 0.333. The van der Waals surface area contributed by atoms with Crippen LogP contribution >= 0.6 is 11.6 Å². The summed E-state index contributed by atoms with van der Waals surface area (Å²) < 4.78 is 5.13. The van der Waals surface area contributed by atoms with Gasteiger partial charge in [0, 0.05) is 29.3 Å². The maximum atomic E-state index is 10.5. The number of hydrogen-bond acceptors (Lipinski definition) is 3. The summed E-state index contributed by atoms with van der Waals surface area (Å²) in [6, 6.07) is 4.31. The Labute approximate surface area is 86.6 Å². The van der Waals surface area contributed by atoms with Gasteiger partial charge in [-0.3, -0.25) is 10.1 Å². The molecule has 1 aromatic carbocycles. The predicted octanol–water partition coefficient (Wildman–Crippen LogP) is 2.78. The first-order valence-electron chi connectivity index (χ1n) is 4.15. The monoisotopic (exact) mass is 215 g/mol. The van der Waals surface area contributed by atoms with Gasteiger partial charge in [0.25, 0.3) is 5.69 Å². The lowest BCUT2D eigenvalue weighted by Crippen LogP contribution is -1.95. The van der Waals surface area contributed by atoms with Gasteiger partial charge in [-0.05, 0) is 13.0 Å². The molecule has 76 valence electrons. The van der Waals surface area contributed by atoms with E-state index in [-0.39, 0.29) is 5.69 Å². The first kappa shape index (κ1) is 10.9. The van der Waals surface area contributed by atoms with Crippen LogP contribution in [0.4, 0.5) is 5.69 Å². The molecule has 1 rings (SSSR count). The minimum absolute atomic E-state index is 0.0316. The van der Waals surface area contributed by atoms with Crippen molar-refractivity contribution in [2.45, 2.75) is 13.5 Å². The highest BCUT2D eigenvalue weighted by Gasteiger charge is 2.09. The van der Waals surface area contributed by atoms with Crippen LogP contribution in [0.15, 0.2) is 18.2 Å². The number of ether oxygens (including phenoxy) is 1. The lowest BCUT2D eigenvalue weighted by molar-refractivity contribution is -0.384. The number of benzene rings is 1.